The van der Waals surface area contributed by atoms with Gasteiger partial charge in [0.05, 0.1) is 6.61 Å². The first-order chi connectivity index (χ1) is 7.27. The molecule has 0 saturated heterocycles. The minimum Gasteiger partial charge on any atom is -0.477 e. The Labute approximate surface area is 90.0 Å². The van der Waals surface area contributed by atoms with E-state index < -0.39 is 0 Å². The maximum atomic E-state index is 8.83. The van der Waals surface area contributed by atoms with Gasteiger partial charge in [-0.05, 0) is 31.9 Å². The van der Waals surface area contributed by atoms with E-state index in [4.69, 9.17) is 10.00 Å². The van der Waals surface area contributed by atoms with Crippen molar-refractivity contribution in [3.63, 3.8) is 0 Å². The lowest BCUT2D eigenvalue weighted by atomic mass is 10.2. The van der Waals surface area contributed by atoms with Crippen LogP contribution in [0.5, 0.6) is 5.88 Å². The van der Waals surface area contributed by atoms with Crippen LogP contribution >= 0.6 is 0 Å². The number of pyridine rings is 1. The molecule has 0 amide bonds. The largest absolute Gasteiger partial charge is 0.477 e. The molecule has 78 valence electrons. The van der Waals surface area contributed by atoms with Crippen LogP contribution in [0.1, 0.15) is 24.1 Å². The van der Waals surface area contributed by atoms with Crippen LogP contribution in [-0.4, -0.2) is 11.6 Å². The Morgan fingerprint density at radius 1 is 1.60 bits per heavy atom. The number of unbranched alkanes of at least 4 members (excludes halogenated alkanes) is 1. The third kappa shape index (κ3) is 3.43. The van der Waals surface area contributed by atoms with Gasteiger partial charge >= 0.3 is 0 Å². The third-order valence-corrected chi connectivity index (χ3v) is 1.91. The Balaban J connectivity index is 2.63. The van der Waals surface area contributed by atoms with Gasteiger partial charge in [-0.15, -0.1) is 6.58 Å². The summed E-state index contributed by atoms with van der Waals surface area (Å²) in [6.07, 6.45) is 3.65. The van der Waals surface area contributed by atoms with Crippen LogP contribution in [0.25, 0.3) is 0 Å². The van der Waals surface area contributed by atoms with Crippen LogP contribution in [0, 0.1) is 18.3 Å². The van der Waals surface area contributed by atoms with Gasteiger partial charge < -0.3 is 4.74 Å². The molecular formula is C12H14N2O. The third-order valence-electron chi connectivity index (χ3n) is 1.91. The molecule has 3 nitrogen and oxygen atoms in total. The Kier molecular flexibility index (Phi) is 4.36. The van der Waals surface area contributed by atoms with Crippen LogP contribution < -0.4 is 4.74 Å². The van der Waals surface area contributed by atoms with E-state index in [9.17, 15) is 0 Å². The van der Waals surface area contributed by atoms with Crippen LogP contribution in [0.4, 0.5) is 0 Å². The molecule has 0 aliphatic carbocycles. The Morgan fingerprint density at radius 3 is 3.07 bits per heavy atom. The summed E-state index contributed by atoms with van der Waals surface area (Å²) in [7, 11) is 0. The number of hydrogen-bond donors (Lipinski definition) is 0. The second-order valence-corrected chi connectivity index (χ2v) is 3.20. The standard InChI is InChI=1S/C12H14N2O/c1-3-4-5-8-15-12-11(9-13)7-6-10(2)14-12/h3,6-7H,1,4-5,8H2,2H3. The number of hydrogen-bond acceptors (Lipinski definition) is 3. The topological polar surface area (TPSA) is 45.9 Å². The summed E-state index contributed by atoms with van der Waals surface area (Å²) in [5, 5.41) is 8.83. The first-order valence-corrected chi connectivity index (χ1v) is 4.89. The zero-order valence-electron chi connectivity index (χ0n) is 8.86. The second-order valence-electron chi connectivity index (χ2n) is 3.20. The summed E-state index contributed by atoms with van der Waals surface area (Å²) < 4.78 is 5.43. The molecule has 0 fully saturated rings. The lowest BCUT2D eigenvalue weighted by molar-refractivity contribution is 0.299. The fraction of sp³-hybridized carbons (Fsp3) is 0.333. The highest BCUT2D eigenvalue weighted by Gasteiger charge is 2.04. The van der Waals surface area contributed by atoms with Crippen molar-refractivity contribution in [1.82, 2.24) is 4.98 Å². The number of allylic oxidation sites excluding steroid dienone is 1. The van der Waals surface area contributed by atoms with E-state index in [0.29, 0.717) is 18.1 Å². The quantitative estimate of drug-likeness (QED) is 0.544. The van der Waals surface area contributed by atoms with E-state index in [1.807, 2.05) is 13.0 Å². The molecular weight excluding hydrogens is 188 g/mol. The number of nitriles is 1. The first kappa shape index (κ1) is 11.3. The molecule has 1 rings (SSSR count). The highest BCUT2D eigenvalue weighted by Crippen LogP contribution is 2.15. The van der Waals surface area contributed by atoms with Gasteiger partial charge in [-0.2, -0.15) is 5.26 Å². The van der Waals surface area contributed by atoms with Crippen molar-refractivity contribution in [3.8, 4) is 11.9 Å². The fourth-order valence-corrected chi connectivity index (χ4v) is 1.12. The van der Waals surface area contributed by atoms with Crippen LogP contribution in [-0.2, 0) is 0 Å². The minimum atomic E-state index is 0.432. The zero-order valence-corrected chi connectivity index (χ0v) is 8.86. The van der Waals surface area contributed by atoms with Crippen molar-refractivity contribution in [3.05, 3.63) is 36.0 Å². The number of aromatic nitrogens is 1. The maximum absolute atomic E-state index is 8.83. The highest BCUT2D eigenvalue weighted by molar-refractivity contribution is 5.38. The van der Waals surface area contributed by atoms with E-state index in [1.165, 1.54) is 0 Å². The summed E-state index contributed by atoms with van der Waals surface area (Å²) in [5.74, 6) is 0.432. The van der Waals surface area contributed by atoms with Crippen LogP contribution in [0.2, 0.25) is 0 Å². The van der Waals surface area contributed by atoms with E-state index in [1.54, 1.807) is 12.1 Å². The summed E-state index contributed by atoms with van der Waals surface area (Å²) in [6, 6.07) is 5.58. The average molecular weight is 202 g/mol. The molecule has 0 atom stereocenters. The lowest BCUT2D eigenvalue weighted by Gasteiger charge is -2.06. The highest BCUT2D eigenvalue weighted by atomic mass is 16.5. The molecule has 0 saturated carbocycles. The fourth-order valence-electron chi connectivity index (χ4n) is 1.12. The Bertz CT molecular complexity index is 380. The first-order valence-electron chi connectivity index (χ1n) is 4.89. The average Bonchev–Trinajstić information content (AvgIpc) is 2.25. The number of nitrogens with zero attached hydrogens (tertiary/aromatic N) is 2. The van der Waals surface area contributed by atoms with Gasteiger partial charge in [0.1, 0.15) is 11.6 Å². The van der Waals surface area contributed by atoms with Gasteiger partial charge in [0, 0.05) is 5.69 Å². The summed E-state index contributed by atoms with van der Waals surface area (Å²) in [5.41, 5.74) is 1.34. The van der Waals surface area contributed by atoms with Gasteiger partial charge in [-0.25, -0.2) is 4.98 Å². The molecule has 0 aromatic carbocycles. The maximum Gasteiger partial charge on any atom is 0.231 e. The summed E-state index contributed by atoms with van der Waals surface area (Å²) >= 11 is 0. The molecule has 0 bridgehead atoms. The monoisotopic (exact) mass is 202 g/mol. The Morgan fingerprint density at radius 2 is 2.40 bits per heavy atom. The van der Waals surface area contributed by atoms with E-state index in [2.05, 4.69) is 17.6 Å². The Hall–Kier alpha value is -1.82. The molecule has 1 heterocycles. The molecule has 1 aromatic rings. The van der Waals surface area contributed by atoms with Crippen molar-refractivity contribution in [1.29, 1.82) is 5.26 Å². The molecule has 15 heavy (non-hydrogen) atoms. The predicted octanol–water partition coefficient (Wildman–Crippen LogP) is 2.61. The number of rotatable bonds is 5. The molecule has 0 spiro atoms. The number of ether oxygens (including phenoxy) is 1. The predicted molar refractivity (Wildman–Crippen MR) is 58.6 cm³/mol. The summed E-state index contributed by atoms with van der Waals surface area (Å²) in [6.45, 7) is 6.07. The minimum absolute atomic E-state index is 0.432. The number of aryl methyl sites for hydroxylation is 1. The lowest BCUT2D eigenvalue weighted by Crippen LogP contribution is -2.01. The van der Waals surface area contributed by atoms with E-state index in [0.717, 1.165) is 18.5 Å². The van der Waals surface area contributed by atoms with Gasteiger partial charge in [-0.1, -0.05) is 6.08 Å². The van der Waals surface area contributed by atoms with Crippen molar-refractivity contribution in [2.24, 2.45) is 0 Å². The van der Waals surface area contributed by atoms with Crippen LogP contribution in [0.3, 0.4) is 0 Å². The van der Waals surface area contributed by atoms with Gasteiger partial charge in [0.25, 0.3) is 0 Å². The zero-order chi connectivity index (χ0) is 11.1. The van der Waals surface area contributed by atoms with Crippen molar-refractivity contribution in [2.45, 2.75) is 19.8 Å². The van der Waals surface area contributed by atoms with Crippen molar-refractivity contribution >= 4 is 0 Å². The normalized spacial score (nSPS) is 9.33. The van der Waals surface area contributed by atoms with Gasteiger partial charge in [-0.3, -0.25) is 0 Å². The summed E-state index contributed by atoms with van der Waals surface area (Å²) in [4.78, 5) is 4.17. The van der Waals surface area contributed by atoms with Crippen molar-refractivity contribution in [2.75, 3.05) is 6.61 Å². The molecule has 1 aromatic heterocycles. The molecule has 0 aliphatic heterocycles. The van der Waals surface area contributed by atoms with Gasteiger partial charge in [0.15, 0.2) is 0 Å². The van der Waals surface area contributed by atoms with E-state index in [-0.39, 0.29) is 0 Å². The molecule has 0 radical (unpaired) electrons. The SMILES string of the molecule is C=CCCCOc1nc(C)ccc1C#N. The smallest absolute Gasteiger partial charge is 0.231 e. The van der Waals surface area contributed by atoms with Crippen LogP contribution in [0.15, 0.2) is 24.8 Å². The molecule has 0 unspecified atom stereocenters. The molecule has 0 aliphatic rings. The molecule has 3 heteroatoms. The molecule has 0 N–H and O–H groups in total. The van der Waals surface area contributed by atoms with E-state index >= 15 is 0 Å². The van der Waals surface area contributed by atoms with Crippen molar-refractivity contribution < 1.29 is 4.74 Å². The van der Waals surface area contributed by atoms with Gasteiger partial charge in [0.2, 0.25) is 5.88 Å². The second kappa shape index (κ2) is 5.82.